The summed E-state index contributed by atoms with van der Waals surface area (Å²) in [6.07, 6.45) is 3.68. The number of hydrogen-bond donors (Lipinski definition) is 1. The van der Waals surface area contributed by atoms with Gasteiger partial charge in [-0.3, -0.25) is 4.79 Å². The first kappa shape index (κ1) is 7.21. The molecule has 0 saturated carbocycles. The van der Waals surface area contributed by atoms with Crippen LogP contribution in [0.4, 0.5) is 0 Å². The number of nitrogens with two attached hydrogens (primary N) is 1. The summed E-state index contributed by atoms with van der Waals surface area (Å²) in [4.78, 5) is 14.2. The normalized spacial score (nSPS) is 9.60. The third-order valence-corrected chi connectivity index (χ3v) is 1.70. The van der Waals surface area contributed by atoms with Gasteiger partial charge in [0.25, 0.3) is 0 Å². The zero-order valence-corrected chi connectivity index (χ0v) is 6.10. The average Bonchev–Trinajstić information content (AvgIpc) is 2.34. The van der Waals surface area contributed by atoms with Crippen molar-refractivity contribution < 1.29 is 4.79 Å². The van der Waals surface area contributed by atoms with Gasteiger partial charge >= 0.3 is 0 Å². The topological polar surface area (TPSA) is 56.0 Å². The lowest BCUT2D eigenvalue weighted by atomic mass is 10.3. The molecule has 3 nitrogen and oxygen atoms in total. The number of carbonyl (C=O) groups excluding carboxylic acids is 1. The predicted molar refractivity (Wildman–Crippen MR) is 39.3 cm³/mol. The largest absolute Gasteiger partial charge is 0.370 e. The predicted octanol–water partition coefficient (Wildman–Crippen LogP) is 0.571. The van der Waals surface area contributed by atoms with Gasteiger partial charge in [0.15, 0.2) is 0 Å². The molecule has 0 aliphatic rings. The minimum Gasteiger partial charge on any atom is -0.370 e. The van der Waals surface area contributed by atoms with Crippen molar-refractivity contribution in [2.45, 2.75) is 6.42 Å². The first-order valence-electron chi connectivity index (χ1n) is 2.80. The smallest absolute Gasteiger partial charge is 0.218 e. The van der Waals surface area contributed by atoms with Crippen LogP contribution < -0.4 is 5.73 Å². The van der Waals surface area contributed by atoms with E-state index in [2.05, 4.69) is 4.98 Å². The molecule has 2 N–H and O–H groups in total. The van der Waals surface area contributed by atoms with Gasteiger partial charge in [0.1, 0.15) is 0 Å². The van der Waals surface area contributed by atoms with E-state index in [1.807, 2.05) is 5.38 Å². The highest BCUT2D eigenvalue weighted by molar-refractivity contribution is 7.09. The molecule has 0 fully saturated rings. The molecular formula is C6H7N2OS. The highest BCUT2D eigenvalue weighted by atomic mass is 32.1. The highest BCUT2D eigenvalue weighted by Crippen LogP contribution is 2.07. The molecule has 1 aromatic rings. The summed E-state index contributed by atoms with van der Waals surface area (Å²) in [6, 6.07) is 0. The van der Waals surface area contributed by atoms with Crippen LogP contribution in [-0.2, 0) is 4.79 Å². The van der Waals surface area contributed by atoms with Crippen molar-refractivity contribution in [3.63, 3.8) is 0 Å². The van der Waals surface area contributed by atoms with Gasteiger partial charge < -0.3 is 5.73 Å². The number of thiazole rings is 1. The van der Waals surface area contributed by atoms with Crippen LogP contribution in [0.2, 0.25) is 0 Å². The maximum Gasteiger partial charge on any atom is 0.218 e. The monoisotopic (exact) mass is 155 g/mol. The molecule has 4 heteroatoms. The second-order valence-corrected chi connectivity index (χ2v) is 2.67. The fraction of sp³-hybridized carbons (Fsp3) is 0.167. The summed E-state index contributed by atoms with van der Waals surface area (Å²) in [5.41, 5.74) is 4.92. The number of aromatic nitrogens is 1. The van der Waals surface area contributed by atoms with Crippen molar-refractivity contribution in [3.05, 3.63) is 23.0 Å². The Kier molecular flexibility index (Phi) is 2.39. The summed E-state index contributed by atoms with van der Waals surface area (Å²) in [6.45, 7) is 0. The minimum absolute atomic E-state index is 0.271. The van der Waals surface area contributed by atoms with Crippen molar-refractivity contribution in [1.82, 2.24) is 4.98 Å². The van der Waals surface area contributed by atoms with E-state index in [1.165, 1.54) is 11.3 Å². The fourth-order valence-electron chi connectivity index (χ4n) is 0.523. The van der Waals surface area contributed by atoms with Crippen LogP contribution in [0.3, 0.4) is 0 Å². The summed E-state index contributed by atoms with van der Waals surface area (Å²) < 4.78 is 0. The molecular weight excluding hydrogens is 148 g/mol. The zero-order chi connectivity index (χ0) is 7.40. The van der Waals surface area contributed by atoms with E-state index in [0.29, 0.717) is 0 Å². The first-order chi connectivity index (χ1) is 4.79. The molecule has 1 aromatic heterocycles. The molecule has 10 heavy (non-hydrogen) atoms. The van der Waals surface area contributed by atoms with Crippen LogP contribution in [-0.4, -0.2) is 10.9 Å². The maximum absolute atomic E-state index is 10.3. The lowest BCUT2D eigenvalue weighted by Crippen LogP contribution is -2.09. The molecule has 0 bridgehead atoms. The molecule has 1 rings (SSSR count). The Morgan fingerprint density at radius 2 is 2.70 bits per heavy atom. The van der Waals surface area contributed by atoms with E-state index in [-0.39, 0.29) is 12.3 Å². The molecule has 1 heterocycles. The molecule has 0 saturated heterocycles. The second-order valence-electron chi connectivity index (χ2n) is 1.74. The fourth-order valence-corrected chi connectivity index (χ4v) is 1.09. The van der Waals surface area contributed by atoms with Crippen molar-refractivity contribution >= 4 is 17.2 Å². The quantitative estimate of drug-likeness (QED) is 0.693. The molecule has 0 atom stereocenters. The lowest BCUT2D eigenvalue weighted by Gasteiger charge is -1.88. The van der Waals surface area contributed by atoms with E-state index in [4.69, 9.17) is 5.73 Å². The van der Waals surface area contributed by atoms with Gasteiger partial charge in [0, 0.05) is 24.4 Å². The Labute approximate surface area is 62.9 Å². The Hall–Kier alpha value is -0.900. The zero-order valence-electron chi connectivity index (χ0n) is 5.28. The molecule has 1 radical (unpaired) electrons. The average molecular weight is 155 g/mol. The molecule has 0 spiro atoms. The molecule has 0 aromatic carbocycles. The van der Waals surface area contributed by atoms with Crippen molar-refractivity contribution in [2.24, 2.45) is 5.73 Å². The van der Waals surface area contributed by atoms with Gasteiger partial charge in [0.05, 0.1) is 5.01 Å². The van der Waals surface area contributed by atoms with Crippen LogP contribution in [0.5, 0.6) is 0 Å². The van der Waals surface area contributed by atoms with Gasteiger partial charge in [0.2, 0.25) is 5.91 Å². The van der Waals surface area contributed by atoms with Crippen molar-refractivity contribution in [3.8, 4) is 0 Å². The SMILES string of the molecule is NC(=O)C[CH]c1nccs1. The number of hydrogen-bond acceptors (Lipinski definition) is 3. The van der Waals surface area contributed by atoms with Crippen LogP contribution in [0.15, 0.2) is 11.6 Å². The maximum atomic E-state index is 10.3. The van der Waals surface area contributed by atoms with Gasteiger partial charge in [-0.05, 0) is 0 Å². The van der Waals surface area contributed by atoms with Crippen molar-refractivity contribution in [2.75, 3.05) is 0 Å². The molecule has 0 aliphatic heterocycles. The van der Waals surface area contributed by atoms with E-state index in [1.54, 1.807) is 12.6 Å². The number of rotatable bonds is 3. The highest BCUT2D eigenvalue weighted by Gasteiger charge is 1.98. The Bertz CT molecular complexity index is 208. The van der Waals surface area contributed by atoms with Gasteiger partial charge in [-0.1, -0.05) is 0 Å². The number of primary amides is 1. The van der Waals surface area contributed by atoms with Gasteiger partial charge in [-0.25, -0.2) is 4.98 Å². The Balaban J connectivity index is 2.35. The third-order valence-electron chi connectivity index (χ3n) is 0.929. The summed E-state index contributed by atoms with van der Waals surface area (Å²) in [5.74, 6) is -0.324. The van der Waals surface area contributed by atoms with Crippen LogP contribution in [0.1, 0.15) is 11.4 Å². The molecule has 0 unspecified atom stereocenters. The summed E-state index contributed by atoms with van der Waals surface area (Å²) in [7, 11) is 0. The lowest BCUT2D eigenvalue weighted by molar-refractivity contribution is -0.117. The first-order valence-corrected chi connectivity index (χ1v) is 3.68. The Morgan fingerprint density at radius 3 is 3.20 bits per heavy atom. The molecule has 0 aliphatic carbocycles. The number of nitrogens with zero attached hydrogens (tertiary/aromatic N) is 1. The van der Waals surface area contributed by atoms with Crippen molar-refractivity contribution in [1.29, 1.82) is 0 Å². The molecule has 53 valence electrons. The molecule has 1 amide bonds. The minimum atomic E-state index is -0.324. The number of amides is 1. The standard InChI is InChI=1S/C6H7N2OS/c7-5(9)1-2-6-8-3-4-10-6/h2-4H,1H2,(H2,7,9). The van der Waals surface area contributed by atoms with Crippen LogP contribution in [0, 0.1) is 6.42 Å². The number of carbonyl (C=O) groups is 1. The third kappa shape index (κ3) is 2.14. The summed E-state index contributed by atoms with van der Waals surface area (Å²) in [5, 5.41) is 2.70. The van der Waals surface area contributed by atoms with E-state index in [9.17, 15) is 4.79 Å². The van der Waals surface area contributed by atoms with E-state index in [0.717, 1.165) is 5.01 Å². The van der Waals surface area contributed by atoms with E-state index >= 15 is 0 Å². The Morgan fingerprint density at radius 1 is 1.90 bits per heavy atom. The van der Waals surface area contributed by atoms with Gasteiger partial charge in [-0.15, -0.1) is 11.3 Å². The summed E-state index contributed by atoms with van der Waals surface area (Å²) >= 11 is 1.49. The van der Waals surface area contributed by atoms with Crippen LogP contribution in [0.25, 0.3) is 0 Å². The van der Waals surface area contributed by atoms with Gasteiger partial charge in [-0.2, -0.15) is 0 Å². The van der Waals surface area contributed by atoms with E-state index < -0.39 is 0 Å². The second kappa shape index (κ2) is 3.31. The van der Waals surface area contributed by atoms with Crippen LogP contribution >= 0.6 is 11.3 Å².